The van der Waals surface area contributed by atoms with Crippen molar-refractivity contribution in [3.8, 4) is 0 Å². The molecule has 0 aliphatic rings. The van der Waals surface area contributed by atoms with E-state index in [-0.39, 0.29) is 19.1 Å². The number of nitrogens with zero attached hydrogens (tertiary/aromatic N) is 1. The van der Waals surface area contributed by atoms with Crippen molar-refractivity contribution < 1.29 is 32.9 Å². The number of allylic oxidation sites excluding steroid dienone is 9. The van der Waals surface area contributed by atoms with Gasteiger partial charge in [0, 0.05) is 6.42 Å². The minimum absolute atomic E-state index is 0.0500. The highest BCUT2D eigenvalue weighted by atomic mass is 31.2. The van der Waals surface area contributed by atoms with Gasteiger partial charge in [-0.05, 0) is 77.0 Å². The third kappa shape index (κ3) is 51.9. The van der Waals surface area contributed by atoms with Crippen LogP contribution in [0.2, 0.25) is 0 Å². The Balaban J connectivity index is 4.29. The quantitative estimate of drug-likeness (QED) is 0.0243. The number of phosphoric acid groups is 1. The summed E-state index contributed by atoms with van der Waals surface area (Å²) in [5, 5.41) is 13.9. The first-order valence-corrected chi connectivity index (χ1v) is 29.7. The molecule has 9 heteroatoms. The average Bonchev–Trinajstić information content (AvgIpc) is 3.29. The second kappa shape index (κ2) is 49.2. The normalized spacial score (nSPS) is 14.4. The van der Waals surface area contributed by atoms with Crippen molar-refractivity contribution in [2.45, 2.75) is 264 Å². The number of hydrogen-bond acceptors (Lipinski definition) is 5. The molecule has 0 aliphatic heterocycles. The molecule has 1 amide bonds. The summed E-state index contributed by atoms with van der Waals surface area (Å²) in [5.74, 6) is -0.199. The zero-order valence-electron chi connectivity index (χ0n) is 44.6. The topological polar surface area (TPSA) is 105 Å². The van der Waals surface area contributed by atoms with Crippen molar-refractivity contribution in [2.24, 2.45) is 0 Å². The van der Waals surface area contributed by atoms with Crippen LogP contribution in [0.4, 0.5) is 0 Å². The van der Waals surface area contributed by atoms with E-state index in [0.717, 1.165) is 64.2 Å². The van der Waals surface area contributed by atoms with Crippen LogP contribution in [0.25, 0.3) is 0 Å². The molecule has 0 bridgehead atoms. The predicted octanol–water partition coefficient (Wildman–Crippen LogP) is 16.9. The summed E-state index contributed by atoms with van der Waals surface area (Å²) < 4.78 is 23.6. The predicted molar refractivity (Wildman–Crippen MR) is 290 cm³/mol. The van der Waals surface area contributed by atoms with Crippen molar-refractivity contribution in [1.82, 2.24) is 5.32 Å². The number of aliphatic hydroxyl groups excluding tert-OH is 1. The van der Waals surface area contributed by atoms with Crippen molar-refractivity contribution in [3.05, 3.63) is 60.8 Å². The lowest BCUT2D eigenvalue weighted by molar-refractivity contribution is -0.870. The summed E-state index contributed by atoms with van der Waals surface area (Å²) in [7, 11) is 1.54. The summed E-state index contributed by atoms with van der Waals surface area (Å²) in [6.45, 7) is 4.77. The number of carbonyl (C=O) groups excluding carboxylic acids is 1. The van der Waals surface area contributed by atoms with Gasteiger partial charge in [-0.15, -0.1) is 0 Å². The Morgan fingerprint density at radius 3 is 1.31 bits per heavy atom. The fraction of sp³-hybridized carbons (Fsp3) is 0.810. The van der Waals surface area contributed by atoms with E-state index in [4.69, 9.17) is 9.05 Å². The van der Waals surface area contributed by atoms with Crippen LogP contribution in [0, 0.1) is 0 Å². The third-order valence-electron chi connectivity index (χ3n) is 12.4. The largest absolute Gasteiger partial charge is 0.472 e. The number of phosphoric ester groups is 1. The summed E-state index contributed by atoms with van der Waals surface area (Å²) >= 11 is 0. The highest BCUT2D eigenvalue weighted by molar-refractivity contribution is 7.47. The second-order valence-electron chi connectivity index (χ2n) is 20.3. The summed E-state index contributed by atoms with van der Waals surface area (Å²) in [4.78, 5) is 23.2. The summed E-state index contributed by atoms with van der Waals surface area (Å²) in [6.07, 6.45) is 66.1. The number of quaternary nitrogens is 1. The van der Waals surface area contributed by atoms with Crippen molar-refractivity contribution in [2.75, 3.05) is 40.9 Å². The van der Waals surface area contributed by atoms with Crippen molar-refractivity contribution in [1.29, 1.82) is 0 Å². The van der Waals surface area contributed by atoms with Gasteiger partial charge in [0.2, 0.25) is 5.91 Å². The molecule has 0 radical (unpaired) electrons. The average molecular weight is 962 g/mol. The van der Waals surface area contributed by atoms with Gasteiger partial charge in [0.25, 0.3) is 0 Å². The number of rotatable bonds is 51. The Morgan fingerprint density at radius 2 is 0.866 bits per heavy atom. The van der Waals surface area contributed by atoms with E-state index in [0.29, 0.717) is 17.4 Å². The lowest BCUT2D eigenvalue weighted by Crippen LogP contribution is -2.45. The first-order valence-electron chi connectivity index (χ1n) is 28.2. The van der Waals surface area contributed by atoms with Gasteiger partial charge in [0.15, 0.2) is 0 Å². The molecule has 0 rings (SSSR count). The van der Waals surface area contributed by atoms with Gasteiger partial charge in [-0.2, -0.15) is 0 Å². The molecule has 0 aliphatic carbocycles. The lowest BCUT2D eigenvalue weighted by Gasteiger charge is -2.25. The van der Waals surface area contributed by atoms with Gasteiger partial charge in [0.05, 0.1) is 39.9 Å². The van der Waals surface area contributed by atoms with E-state index < -0.39 is 20.0 Å². The molecule has 67 heavy (non-hydrogen) atoms. The minimum Gasteiger partial charge on any atom is -0.387 e. The van der Waals surface area contributed by atoms with Crippen LogP contribution < -0.4 is 5.32 Å². The van der Waals surface area contributed by atoms with Crippen LogP contribution in [0.15, 0.2) is 60.8 Å². The first-order chi connectivity index (χ1) is 32.5. The SMILES string of the molecule is CCCCC/C=C\C/C=C\CCCCCCCCCC(=O)NC(COP(=O)(O)OCC[N+](C)(C)C)C(O)/C=C/CC/C=C/CC/C=C/CCCCCCCCCCCCCCCCCCCC. The Labute approximate surface area is 415 Å². The molecule has 0 saturated heterocycles. The van der Waals surface area contributed by atoms with Gasteiger partial charge in [-0.25, -0.2) is 4.57 Å². The molecule has 3 atom stereocenters. The van der Waals surface area contributed by atoms with E-state index in [1.54, 1.807) is 6.08 Å². The molecule has 392 valence electrons. The molecule has 3 unspecified atom stereocenters. The Hall–Kier alpha value is -1.80. The highest BCUT2D eigenvalue weighted by Gasteiger charge is 2.27. The molecule has 0 aromatic carbocycles. The van der Waals surface area contributed by atoms with Crippen molar-refractivity contribution in [3.63, 3.8) is 0 Å². The van der Waals surface area contributed by atoms with Crippen LogP contribution in [0.3, 0.4) is 0 Å². The molecule has 8 nitrogen and oxygen atoms in total. The third-order valence-corrected chi connectivity index (χ3v) is 13.4. The molecule has 0 aromatic heterocycles. The number of aliphatic hydroxyl groups is 1. The highest BCUT2D eigenvalue weighted by Crippen LogP contribution is 2.43. The molecular formula is C58H110N2O6P+. The smallest absolute Gasteiger partial charge is 0.387 e. The maximum absolute atomic E-state index is 12.9. The number of unbranched alkanes of at least 4 members (excludes halogenated alkanes) is 30. The van der Waals surface area contributed by atoms with E-state index in [9.17, 15) is 19.4 Å². The second-order valence-corrected chi connectivity index (χ2v) is 21.7. The molecule has 0 aromatic rings. The van der Waals surface area contributed by atoms with Gasteiger partial charge < -0.3 is 19.8 Å². The van der Waals surface area contributed by atoms with E-state index in [1.807, 2.05) is 27.2 Å². The van der Waals surface area contributed by atoms with Crippen LogP contribution in [-0.4, -0.2) is 73.4 Å². The number of hydrogen-bond donors (Lipinski definition) is 3. The molecule has 3 N–H and O–H groups in total. The van der Waals surface area contributed by atoms with Crippen LogP contribution in [-0.2, 0) is 18.4 Å². The van der Waals surface area contributed by atoms with Gasteiger partial charge in [-0.1, -0.05) is 229 Å². The van der Waals surface area contributed by atoms with Crippen LogP contribution >= 0.6 is 7.82 Å². The molecule has 0 heterocycles. The number of amides is 1. The molecule has 0 spiro atoms. The number of likely N-dealkylation sites (N-methyl/N-ethyl adjacent to an activating group) is 1. The van der Waals surface area contributed by atoms with E-state index in [1.165, 1.54) is 167 Å². The van der Waals surface area contributed by atoms with Gasteiger partial charge in [-0.3, -0.25) is 13.8 Å². The first kappa shape index (κ1) is 65.2. The fourth-order valence-electron chi connectivity index (χ4n) is 7.99. The number of nitrogens with one attached hydrogen (secondary N) is 1. The Bertz CT molecular complexity index is 1270. The standard InChI is InChI=1S/C58H109N2O6P/c1-6-8-10-12-14-16-18-20-22-24-25-26-27-28-29-30-31-32-33-34-36-37-39-41-43-45-47-49-51-57(61)56(55-66-67(63,64)65-54-53-60(3,4)5)59-58(62)52-50-48-46-44-42-40-38-35-23-21-19-17-15-13-11-9-7-2/h15,17,21,23,34,36,41,43,49,51,56-57,61H,6-14,16,18-20,22,24-33,35,37-40,42,44-48,50,52-55H2,1-5H3,(H-,59,62,63,64)/p+1/b17-15-,23-21-,36-34+,43-41+,51-49+. The molecular weight excluding hydrogens is 852 g/mol. The van der Waals surface area contributed by atoms with Crippen LogP contribution in [0.1, 0.15) is 251 Å². The molecule has 0 fully saturated rings. The Kier molecular flexibility index (Phi) is 47.9. The molecule has 0 saturated carbocycles. The number of carbonyl (C=O) groups is 1. The maximum Gasteiger partial charge on any atom is 0.472 e. The maximum atomic E-state index is 12.9. The van der Waals surface area contributed by atoms with E-state index >= 15 is 0 Å². The van der Waals surface area contributed by atoms with Crippen LogP contribution in [0.5, 0.6) is 0 Å². The summed E-state index contributed by atoms with van der Waals surface area (Å²) in [6, 6.07) is -0.877. The van der Waals surface area contributed by atoms with Gasteiger partial charge >= 0.3 is 7.82 Å². The zero-order valence-corrected chi connectivity index (χ0v) is 45.5. The van der Waals surface area contributed by atoms with Crippen molar-refractivity contribution >= 4 is 13.7 Å². The lowest BCUT2D eigenvalue weighted by atomic mass is 10.0. The minimum atomic E-state index is -4.36. The zero-order chi connectivity index (χ0) is 49.2. The fourth-order valence-corrected chi connectivity index (χ4v) is 8.72. The Morgan fingerprint density at radius 1 is 0.507 bits per heavy atom. The summed E-state index contributed by atoms with van der Waals surface area (Å²) in [5.41, 5.74) is 0. The monoisotopic (exact) mass is 962 g/mol. The van der Waals surface area contributed by atoms with Gasteiger partial charge in [0.1, 0.15) is 13.2 Å². The van der Waals surface area contributed by atoms with E-state index in [2.05, 4.69) is 67.8 Å².